The van der Waals surface area contributed by atoms with Gasteiger partial charge in [0.15, 0.2) is 0 Å². The molecular weight excluding hydrogens is 160 g/mol. The summed E-state index contributed by atoms with van der Waals surface area (Å²) >= 11 is 1.26. The molecule has 0 aromatic heterocycles. The molecule has 1 aromatic carbocycles. The molecular formula is C8H10O2S. The minimum absolute atomic E-state index is 0.244. The SMILES string of the molecule is CSOc1cc(C)cc(O)c1. The fraction of sp³-hybridized carbons (Fsp3) is 0.250. The van der Waals surface area contributed by atoms with Crippen LogP contribution in [0.5, 0.6) is 11.5 Å². The molecule has 1 N–H and O–H groups in total. The lowest BCUT2D eigenvalue weighted by atomic mass is 10.2. The summed E-state index contributed by atoms with van der Waals surface area (Å²) in [5.74, 6) is 0.934. The van der Waals surface area contributed by atoms with Crippen LogP contribution in [0.1, 0.15) is 5.56 Å². The molecule has 0 spiro atoms. The summed E-state index contributed by atoms with van der Waals surface area (Å²) in [7, 11) is 0. The van der Waals surface area contributed by atoms with Crippen LogP contribution in [0.4, 0.5) is 0 Å². The van der Waals surface area contributed by atoms with Crippen molar-refractivity contribution in [2.45, 2.75) is 6.92 Å². The molecule has 1 aromatic rings. The van der Waals surface area contributed by atoms with Gasteiger partial charge in [0.2, 0.25) is 0 Å². The molecule has 0 bridgehead atoms. The summed E-state index contributed by atoms with van der Waals surface area (Å²) in [6.45, 7) is 1.91. The largest absolute Gasteiger partial charge is 0.508 e. The van der Waals surface area contributed by atoms with E-state index in [2.05, 4.69) is 0 Å². The van der Waals surface area contributed by atoms with E-state index in [4.69, 9.17) is 9.29 Å². The molecule has 0 aliphatic heterocycles. The number of benzene rings is 1. The highest BCUT2D eigenvalue weighted by Gasteiger charge is 1.96. The van der Waals surface area contributed by atoms with Crippen LogP contribution in [0.3, 0.4) is 0 Å². The third-order valence-electron chi connectivity index (χ3n) is 1.22. The number of hydrogen-bond acceptors (Lipinski definition) is 3. The molecule has 0 aliphatic carbocycles. The van der Waals surface area contributed by atoms with Crippen LogP contribution in [-0.4, -0.2) is 11.4 Å². The van der Waals surface area contributed by atoms with Crippen molar-refractivity contribution in [2.75, 3.05) is 6.26 Å². The molecule has 60 valence electrons. The summed E-state index contributed by atoms with van der Waals surface area (Å²) in [4.78, 5) is 0. The van der Waals surface area contributed by atoms with Gasteiger partial charge in [0.1, 0.15) is 11.5 Å². The van der Waals surface area contributed by atoms with E-state index in [0.717, 1.165) is 5.56 Å². The standard InChI is InChI=1S/C8H10O2S/c1-6-3-7(9)5-8(4-6)10-11-2/h3-5,9H,1-2H3. The van der Waals surface area contributed by atoms with Crippen molar-refractivity contribution in [3.63, 3.8) is 0 Å². The molecule has 0 saturated carbocycles. The number of aromatic hydroxyl groups is 1. The van der Waals surface area contributed by atoms with Gasteiger partial charge in [0.25, 0.3) is 0 Å². The molecule has 0 atom stereocenters. The van der Waals surface area contributed by atoms with Crippen LogP contribution in [-0.2, 0) is 0 Å². The van der Waals surface area contributed by atoms with Crippen molar-refractivity contribution in [1.82, 2.24) is 0 Å². The Hall–Kier alpha value is -0.830. The monoisotopic (exact) mass is 170 g/mol. The van der Waals surface area contributed by atoms with Gasteiger partial charge >= 0.3 is 0 Å². The Bertz CT molecular complexity index is 228. The van der Waals surface area contributed by atoms with E-state index in [9.17, 15) is 0 Å². The van der Waals surface area contributed by atoms with Gasteiger partial charge in [-0.2, -0.15) is 0 Å². The maximum Gasteiger partial charge on any atom is 0.141 e. The Balaban J connectivity index is 2.89. The fourth-order valence-electron chi connectivity index (χ4n) is 0.873. The number of aryl methyl sites for hydroxylation is 1. The van der Waals surface area contributed by atoms with Crippen LogP contribution in [0, 0.1) is 6.92 Å². The Morgan fingerprint density at radius 1 is 1.36 bits per heavy atom. The minimum atomic E-state index is 0.244. The minimum Gasteiger partial charge on any atom is -0.508 e. The van der Waals surface area contributed by atoms with Crippen LogP contribution in [0.15, 0.2) is 18.2 Å². The second-order valence-electron chi connectivity index (χ2n) is 2.25. The molecule has 3 heteroatoms. The lowest BCUT2D eigenvalue weighted by Gasteiger charge is -2.02. The Kier molecular flexibility index (Phi) is 2.65. The van der Waals surface area contributed by atoms with E-state index in [1.807, 2.05) is 19.2 Å². The molecule has 2 nitrogen and oxygen atoms in total. The van der Waals surface area contributed by atoms with Gasteiger partial charge in [-0.3, -0.25) is 0 Å². The first kappa shape index (κ1) is 8.27. The Morgan fingerprint density at radius 3 is 2.64 bits per heavy atom. The van der Waals surface area contributed by atoms with Crippen molar-refractivity contribution in [2.24, 2.45) is 0 Å². The molecule has 0 aliphatic rings. The second kappa shape index (κ2) is 3.53. The van der Waals surface area contributed by atoms with Gasteiger partial charge in [-0.25, -0.2) is 0 Å². The van der Waals surface area contributed by atoms with Gasteiger partial charge in [-0.15, -0.1) is 0 Å². The zero-order chi connectivity index (χ0) is 8.27. The fourth-order valence-corrected chi connectivity index (χ4v) is 1.16. The van der Waals surface area contributed by atoms with Crippen molar-refractivity contribution in [1.29, 1.82) is 0 Å². The summed E-state index contributed by atoms with van der Waals surface area (Å²) in [6, 6.07) is 5.15. The first-order chi connectivity index (χ1) is 5.22. The van der Waals surface area contributed by atoms with E-state index < -0.39 is 0 Å². The number of rotatable bonds is 2. The molecule has 0 saturated heterocycles. The third kappa shape index (κ3) is 2.35. The lowest BCUT2D eigenvalue weighted by Crippen LogP contribution is -1.80. The molecule has 0 radical (unpaired) electrons. The van der Waals surface area contributed by atoms with Gasteiger partial charge in [-0.1, -0.05) is 0 Å². The summed E-state index contributed by atoms with van der Waals surface area (Å²) < 4.78 is 5.12. The van der Waals surface area contributed by atoms with Gasteiger partial charge in [-0.05, 0) is 24.6 Å². The van der Waals surface area contributed by atoms with Gasteiger partial charge in [0, 0.05) is 12.3 Å². The van der Waals surface area contributed by atoms with Gasteiger partial charge in [0.05, 0.1) is 12.0 Å². The van der Waals surface area contributed by atoms with Crippen molar-refractivity contribution < 1.29 is 9.29 Å². The molecule has 0 amide bonds. The van der Waals surface area contributed by atoms with Crippen molar-refractivity contribution in [3.8, 4) is 11.5 Å². The van der Waals surface area contributed by atoms with E-state index in [1.165, 1.54) is 12.0 Å². The maximum atomic E-state index is 9.13. The smallest absolute Gasteiger partial charge is 0.141 e. The highest BCUT2D eigenvalue weighted by atomic mass is 32.2. The number of phenolic OH excluding ortho intramolecular Hbond substituents is 1. The molecule has 0 heterocycles. The Labute approximate surface area is 70.4 Å². The zero-order valence-electron chi connectivity index (χ0n) is 6.50. The summed E-state index contributed by atoms with van der Waals surface area (Å²) in [5.41, 5.74) is 0.994. The van der Waals surface area contributed by atoms with Crippen LogP contribution in [0.25, 0.3) is 0 Å². The molecule has 1 rings (SSSR count). The Morgan fingerprint density at radius 2 is 2.09 bits per heavy atom. The average Bonchev–Trinajstić information content (AvgIpc) is 1.85. The van der Waals surface area contributed by atoms with Crippen LogP contribution < -0.4 is 4.18 Å². The molecule has 0 fully saturated rings. The van der Waals surface area contributed by atoms with Crippen LogP contribution >= 0.6 is 12.0 Å². The van der Waals surface area contributed by atoms with Crippen molar-refractivity contribution >= 4 is 12.0 Å². The quantitative estimate of drug-likeness (QED) is 0.691. The van der Waals surface area contributed by atoms with E-state index in [0.29, 0.717) is 5.75 Å². The zero-order valence-corrected chi connectivity index (χ0v) is 7.31. The third-order valence-corrected chi connectivity index (χ3v) is 1.57. The summed E-state index contributed by atoms with van der Waals surface area (Å²) in [5, 5.41) is 9.13. The highest BCUT2D eigenvalue weighted by molar-refractivity contribution is 7.94. The molecule has 11 heavy (non-hydrogen) atoms. The predicted octanol–water partition coefficient (Wildman–Crippen LogP) is 2.36. The van der Waals surface area contributed by atoms with Gasteiger partial charge < -0.3 is 9.29 Å². The van der Waals surface area contributed by atoms with E-state index in [1.54, 1.807) is 12.1 Å². The second-order valence-corrected chi connectivity index (χ2v) is 2.75. The average molecular weight is 170 g/mol. The normalized spacial score (nSPS) is 9.64. The lowest BCUT2D eigenvalue weighted by molar-refractivity contribution is 0.471. The van der Waals surface area contributed by atoms with Crippen LogP contribution in [0.2, 0.25) is 0 Å². The number of phenols is 1. The summed E-state index contributed by atoms with van der Waals surface area (Å²) in [6.07, 6.45) is 1.83. The number of hydrogen-bond donors (Lipinski definition) is 1. The van der Waals surface area contributed by atoms with E-state index in [-0.39, 0.29) is 5.75 Å². The topological polar surface area (TPSA) is 29.5 Å². The first-order valence-corrected chi connectivity index (χ1v) is 4.38. The molecule has 0 unspecified atom stereocenters. The van der Waals surface area contributed by atoms with E-state index >= 15 is 0 Å². The predicted molar refractivity (Wildman–Crippen MR) is 47.0 cm³/mol. The first-order valence-electron chi connectivity index (χ1n) is 3.23. The maximum absolute atomic E-state index is 9.13. The highest BCUT2D eigenvalue weighted by Crippen LogP contribution is 2.23. The van der Waals surface area contributed by atoms with Crippen molar-refractivity contribution in [3.05, 3.63) is 23.8 Å².